The molecule has 1 aromatic heterocycles. The van der Waals surface area contributed by atoms with Gasteiger partial charge in [0.1, 0.15) is 10.5 Å². The van der Waals surface area contributed by atoms with Gasteiger partial charge in [0.05, 0.1) is 6.04 Å². The van der Waals surface area contributed by atoms with Crippen molar-refractivity contribution >= 4 is 23.3 Å². The van der Waals surface area contributed by atoms with Gasteiger partial charge in [-0.1, -0.05) is 0 Å². The maximum atomic E-state index is 12.4. The van der Waals surface area contributed by atoms with Gasteiger partial charge >= 0.3 is 12.0 Å². The minimum atomic E-state index is -1.12. The Morgan fingerprint density at radius 1 is 1.52 bits per heavy atom. The Bertz CT molecular complexity index is 545. The normalized spacial score (nSPS) is 23.7. The van der Waals surface area contributed by atoms with Crippen LogP contribution in [-0.2, 0) is 4.79 Å². The first-order valence-electron chi connectivity index (χ1n) is 7.08. The van der Waals surface area contributed by atoms with Crippen molar-refractivity contribution in [3.8, 4) is 0 Å². The first-order chi connectivity index (χ1) is 9.84. The predicted octanol–water partition coefficient (Wildman–Crippen LogP) is 2.55. The maximum Gasteiger partial charge on any atom is 0.329 e. The summed E-state index contributed by atoms with van der Waals surface area (Å²) in [6.07, 6.45) is 2.15. The zero-order chi connectivity index (χ0) is 15.6. The SMILES string of the molecule is Cc1csc(C(C)NC(=O)N2CCCCC2(C)C(=O)O)n1. The van der Waals surface area contributed by atoms with Gasteiger partial charge in [-0.05, 0) is 40.0 Å². The van der Waals surface area contributed by atoms with Crippen molar-refractivity contribution in [1.29, 1.82) is 0 Å². The van der Waals surface area contributed by atoms with Crippen molar-refractivity contribution in [2.75, 3.05) is 6.54 Å². The lowest BCUT2D eigenvalue weighted by Crippen LogP contribution is -2.60. The number of urea groups is 1. The number of rotatable bonds is 3. The van der Waals surface area contributed by atoms with Gasteiger partial charge < -0.3 is 15.3 Å². The number of thiazole rings is 1. The highest BCUT2D eigenvalue weighted by atomic mass is 32.1. The second-order valence-corrected chi connectivity index (χ2v) is 6.58. The van der Waals surface area contributed by atoms with Gasteiger partial charge in [0.2, 0.25) is 0 Å². The summed E-state index contributed by atoms with van der Waals surface area (Å²) < 4.78 is 0. The molecule has 1 aromatic rings. The number of aromatic nitrogens is 1. The Balaban J connectivity index is 2.09. The molecule has 0 aliphatic carbocycles. The molecule has 7 heteroatoms. The summed E-state index contributed by atoms with van der Waals surface area (Å²) in [5, 5.41) is 15.1. The van der Waals surface area contributed by atoms with Crippen LogP contribution in [0.15, 0.2) is 5.38 Å². The van der Waals surface area contributed by atoms with Gasteiger partial charge in [0.15, 0.2) is 0 Å². The van der Waals surface area contributed by atoms with Crippen LogP contribution in [0.4, 0.5) is 4.79 Å². The van der Waals surface area contributed by atoms with Crippen molar-refractivity contribution in [2.24, 2.45) is 0 Å². The average Bonchev–Trinajstić information content (AvgIpc) is 2.85. The number of carbonyl (C=O) groups is 2. The second-order valence-electron chi connectivity index (χ2n) is 5.69. The Morgan fingerprint density at radius 2 is 2.24 bits per heavy atom. The number of hydrogen-bond donors (Lipinski definition) is 2. The lowest BCUT2D eigenvalue weighted by Gasteiger charge is -2.41. The third kappa shape index (κ3) is 3.18. The molecule has 1 saturated heterocycles. The van der Waals surface area contributed by atoms with E-state index < -0.39 is 11.5 Å². The highest BCUT2D eigenvalue weighted by molar-refractivity contribution is 7.09. The first kappa shape index (κ1) is 15.8. The van der Waals surface area contributed by atoms with E-state index in [4.69, 9.17) is 0 Å². The van der Waals surface area contributed by atoms with Crippen molar-refractivity contribution in [3.63, 3.8) is 0 Å². The lowest BCUT2D eigenvalue weighted by molar-refractivity contribution is -0.150. The van der Waals surface area contributed by atoms with Crippen LogP contribution in [0, 0.1) is 6.92 Å². The zero-order valence-corrected chi connectivity index (χ0v) is 13.4. The number of aryl methyl sites for hydroxylation is 1. The molecule has 0 saturated carbocycles. The highest BCUT2D eigenvalue weighted by Crippen LogP contribution is 2.29. The van der Waals surface area contributed by atoms with Gasteiger partial charge in [0.25, 0.3) is 0 Å². The first-order valence-corrected chi connectivity index (χ1v) is 7.96. The Labute approximate surface area is 128 Å². The van der Waals surface area contributed by atoms with Crippen LogP contribution in [0.25, 0.3) is 0 Å². The fraction of sp³-hybridized carbons (Fsp3) is 0.643. The largest absolute Gasteiger partial charge is 0.480 e. The second kappa shape index (κ2) is 6.01. The Morgan fingerprint density at radius 3 is 2.81 bits per heavy atom. The van der Waals surface area contributed by atoms with Crippen LogP contribution in [0.5, 0.6) is 0 Å². The quantitative estimate of drug-likeness (QED) is 0.898. The molecule has 1 aliphatic heterocycles. The van der Waals surface area contributed by atoms with Crippen molar-refractivity contribution < 1.29 is 14.7 Å². The fourth-order valence-corrected chi connectivity index (χ4v) is 3.37. The van der Waals surface area contributed by atoms with E-state index in [0.717, 1.165) is 23.5 Å². The number of carbonyl (C=O) groups excluding carboxylic acids is 1. The number of likely N-dealkylation sites (tertiary alicyclic amines) is 1. The van der Waals surface area contributed by atoms with Gasteiger partial charge in [-0.2, -0.15) is 0 Å². The molecule has 0 spiro atoms. The third-order valence-corrected chi connectivity index (χ3v) is 5.09. The third-order valence-electron chi connectivity index (χ3n) is 3.94. The fourth-order valence-electron chi connectivity index (χ4n) is 2.56. The van der Waals surface area contributed by atoms with E-state index in [2.05, 4.69) is 10.3 Å². The van der Waals surface area contributed by atoms with Crippen molar-refractivity contribution in [1.82, 2.24) is 15.2 Å². The number of nitrogens with zero attached hydrogens (tertiary/aromatic N) is 2. The van der Waals surface area contributed by atoms with Crippen LogP contribution in [0.2, 0.25) is 0 Å². The van der Waals surface area contributed by atoms with E-state index in [9.17, 15) is 14.7 Å². The predicted molar refractivity (Wildman–Crippen MR) is 80.4 cm³/mol. The summed E-state index contributed by atoms with van der Waals surface area (Å²) in [4.78, 5) is 29.7. The van der Waals surface area contributed by atoms with Gasteiger partial charge in [-0.15, -0.1) is 11.3 Å². The molecule has 2 rings (SSSR count). The van der Waals surface area contributed by atoms with E-state index in [1.54, 1.807) is 6.92 Å². The minimum Gasteiger partial charge on any atom is -0.480 e. The molecule has 1 aliphatic rings. The Kier molecular flexibility index (Phi) is 4.51. The van der Waals surface area contributed by atoms with Crippen molar-refractivity contribution in [3.05, 3.63) is 16.1 Å². The lowest BCUT2D eigenvalue weighted by atomic mass is 9.89. The number of carboxylic acid groups (broad SMARTS) is 1. The molecule has 2 heterocycles. The van der Waals surface area contributed by atoms with Crippen LogP contribution in [0.3, 0.4) is 0 Å². The summed E-state index contributed by atoms with van der Waals surface area (Å²) in [7, 11) is 0. The molecule has 2 amide bonds. The number of aliphatic carboxylic acids is 1. The van der Waals surface area contributed by atoms with Crippen LogP contribution >= 0.6 is 11.3 Å². The molecule has 0 radical (unpaired) electrons. The molecule has 21 heavy (non-hydrogen) atoms. The summed E-state index contributed by atoms with van der Waals surface area (Å²) in [5.74, 6) is -0.949. The number of carboxylic acids is 1. The zero-order valence-electron chi connectivity index (χ0n) is 12.5. The number of amides is 2. The molecule has 0 bridgehead atoms. The summed E-state index contributed by atoms with van der Waals surface area (Å²) >= 11 is 1.49. The van der Waals surface area contributed by atoms with E-state index in [-0.39, 0.29) is 12.1 Å². The Hall–Kier alpha value is -1.63. The average molecular weight is 311 g/mol. The molecule has 1 fully saturated rings. The minimum absolute atomic E-state index is 0.226. The van der Waals surface area contributed by atoms with E-state index >= 15 is 0 Å². The van der Waals surface area contributed by atoms with E-state index in [1.165, 1.54) is 16.2 Å². The molecule has 116 valence electrons. The molecular formula is C14H21N3O3S. The molecule has 6 nitrogen and oxygen atoms in total. The van der Waals surface area contributed by atoms with Crippen LogP contribution in [-0.4, -0.2) is 39.1 Å². The molecule has 2 atom stereocenters. The monoisotopic (exact) mass is 311 g/mol. The number of nitrogens with one attached hydrogen (secondary N) is 1. The van der Waals surface area contributed by atoms with Crippen LogP contribution in [0.1, 0.15) is 49.9 Å². The van der Waals surface area contributed by atoms with E-state index in [1.807, 2.05) is 19.2 Å². The van der Waals surface area contributed by atoms with Crippen LogP contribution < -0.4 is 5.32 Å². The van der Waals surface area contributed by atoms with Crippen molar-refractivity contribution in [2.45, 2.75) is 51.6 Å². The standard InChI is InChI=1S/C14H21N3O3S/c1-9-8-21-11(15-9)10(2)16-13(20)17-7-5-4-6-14(17,3)12(18)19/h8,10H,4-7H2,1-3H3,(H,16,20)(H,18,19). The van der Waals surface area contributed by atoms with Gasteiger partial charge in [-0.3, -0.25) is 0 Å². The maximum absolute atomic E-state index is 12.4. The molecule has 2 unspecified atom stereocenters. The smallest absolute Gasteiger partial charge is 0.329 e. The highest BCUT2D eigenvalue weighted by Gasteiger charge is 2.44. The molecule has 0 aromatic carbocycles. The number of piperidine rings is 1. The summed E-state index contributed by atoms with van der Waals surface area (Å²) in [6, 6.07) is -0.559. The molecule has 2 N–H and O–H groups in total. The van der Waals surface area contributed by atoms with Gasteiger partial charge in [-0.25, -0.2) is 14.6 Å². The van der Waals surface area contributed by atoms with E-state index in [0.29, 0.717) is 13.0 Å². The number of hydrogen-bond acceptors (Lipinski definition) is 4. The topological polar surface area (TPSA) is 82.5 Å². The molecular weight excluding hydrogens is 290 g/mol. The van der Waals surface area contributed by atoms with Gasteiger partial charge in [0, 0.05) is 17.6 Å². The summed E-state index contributed by atoms with van der Waals surface area (Å²) in [5.41, 5.74) is -0.203. The summed E-state index contributed by atoms with van der Waals surface area (Å²) in [6.45, 7) is 5.85.